The Morgan fingerprint density at radius 1 is 1.24 bits per heavy atom. The van der Waals surface area contributed by atoms with E-state index < -0.39 is 0 Å². The SMILES string of the molecule is CCCN(c1cc(CNC2CC2)cc(C(C)C)n1)C1CC1. The topological polar surface area (TPSA) is 28.2 Å². The van der Waals surface area contributed by atoms with Crippen LogP contribution in [0.25, 0.3) is 0 Å². The molecule has 116 valence electrons. The molecule has 3 nitrogen and oxygen atoms in total. The molecular weight excluding hydrogens is 258 g/mol. The van der Waals surface area contributed by atoms with Crippen molar-refractivity contribution in [2.45, 2.75) is 77.4 Å². The predicted molar refractivity (Wildman–Crippen MR) is 88.8 cm³/mol. The van der Waals surface area contributed by atoms with E-state index in [1.807, 2.05) is 0 Å². The molecule has 3 rings (SSSR count). The van der Waals surface area contributed by atoms with Crippen LogP contribution in [0.2, 0.25) is 0 Å². The van der Waals surface area contributed by atoms with Gasteiger partial charge >= 0.3 is 0 Å². The quantitative estimate of drug-likeness (QED) is 0.787. The smallest absolute Gasteiger partial charge is 0.129 e. The molecule has 0 spiro atoms. The van der Waals surface area contributed by atoms with E-state index in [1.165, 1.54) is 49.2 Å². The number of anilines is 1. The highest BCUT2D eigenvalue weighted by Crippen LogP contribution is 2.32. The first-order valence-corrected chi connectivity index (χ1v) is 8.68. The van der Waals surface area contributed by atoms with Crippen LogP contribution in [0.3, 0.4) is 0 Å². The van der Waals surface area contributed by atoms with Crippen LogP contribution < -0.4 is 10.2 Å². The molecule has 0 saturated heterocycles. The van der Waals surface area contributed by atoms with Gasteiger partial charge in [-0.25, -0.2) is 4.98 Å². The minimum atomic E-state index is 0.493. The summed E-state index contributed by atoms with van der Waals surface area (Å²) >= 11 is 0. The largest absolute Gasteiger partial charge is 0.354 e. The van der Waals surface area contributed by atoms with Crippen molar-refractivity contribution in [3.05, 3.63) is 23.4 Å². The van der Waals surface area contributed by atoms with Crippen molar-refractivity contribution in [3.8, 4) is 0 Å². The molecule has 0 aliphatic heterocycles. The molecular formula is C18H29N3. The van der Waals surface area contributed by atoms with Gasteiger partial charge in [-0.05, 0) is 55.7 Å². The highest BCUT2D eigenvalue weighted by atomic mass is 15.2. The van der Waals surface area contributed by atoms with Crippen molar-refractivity contribution in [1.29, 1.82) is 0 Å². The lowest BCUT2D eigenvalue weighted by atomic mass is 10.1. The first-order chi connectivity index (χ1) is 10.2. The van der Waals surface area contributed by atoms with E-state index >= 15 is 0 Å². The Morgan fingerprint density at radius 3 is 2.57 bits per heavy atom. The second-order valence-corrected chi connectivity index (χ2v) is 6.99. The number of hydrogen-bond acceptors (Lipinski definition) is 3. The maximum atomic E-state index is 4.95. The van der Waals surface area contributed by atoms with E-state index in [2.05, 4.69) is 43.1 Å². The molecule has 2 saturated carbocycles. The van der Waals surface area contributed by atoms with Gasteiger partial charge in [-0.1, -0.05) is 20.8 Å². The standard InChI is InChI=1S/C18H29N3/c1-4-9-21(16-7-8-16)18-11-14(12-19-15-5-6-15)10-17(20-18)13(2)3/h10-11,13,15-16,19H,4-9,12H2,1-3H3. The summed E-state index contributed by atoms with van der Waals surface area (Å²) in [5.74, 6) is 1.70. The maximum Gasteiger partial charge on any atom is 0.129 e. The van der Waals surface area contributed by atoms with Crippen molar-refractivity contribution in [2.24, 2.45) is 0 Å². The predicted octanol–water partition coefficient (Wildman–Crippen LogP) is 3.84. The van der Waals surface area contributed by atoms with E-state index in [9.17, 15) is 0 Å². The monoisotopic (exact) mass is 287 g/mol. The summed E-state index contributed by atoms with van der Waals surface area (Å²) in [7, 11) is 0. The zero-order valence-electron chi connectivity index (χ0n) is 13.7. The van der Waals surface area contributed by atoms with Crippen molar-refractivity contribution in [1.82, 2.24) is 10.3 Å². The summed E-state index contributed by atoms with van der Waals surface area (Å²) in [6.07, 6.45) is 6.56. The molecule has 0 atom stereocenters. The van der Waals surface area contributed by atoms with E-state index in [1.54, 1.807) is 0 Å². The number of hydrogen-bond donors (Lipinski definition) is 1. The molecule has 0 unspecified atom stereocenters. The Kier molecular flexibility index (Phi) is 4.48. The van der Waals surface area contributed by atoms with Crippen LogP contribution in [0.4, 0.5) is 5.82 Å². The zero-order valence-corrected chi connectivity index (χ0v) is 13.7. The molecule has 0 aromatic carbocycles. The van der Waals surface area contributed by atoms with Gasteiger partial charge in [-0.15, -0.1) is 0 Å². The Labute approximate surface area is 129 Å². The summed E-state index contributed by atoms with van der Waals surface area (Å²) in [5, 5.41) is 3.64. The first kappa shape index (κ1) is 14.8. The average Bonchev–Trinajstić information content (AvgIpc) is 3.36. The van der Waals surface area contributed by atoms with Gasteiger partial charge in [-0.2, -0.15) is 0 Å². The van der Waals surface area contributed by atoms with Crippen LogP contribution in [0, 0.1) is 0 Å². The van der Waals surface area contributed by atoms with Crippen LogP contribution in [-0.2, 0) is 6.54 Å². The van der Waals surface area contributed by atoms with E-state index in [-0.39, 0.29) is 0 Å². The lowest BCUT2D eigenvalue weighted by Gasteiger charge is -2.25. The fourth-order valence-corrected chi connectivity index (χ4v) is 2.80. The maximum absolute atomic E-state index is 4.95. The minimum absolute atomic E-state index is 0.493. The summed E-state index contributed by atoms with van der Waals surface area (Å²) < 4.78 is 0. The first-order valence-electron chi connectivity index (χ1n) is 8.68. The van der Waals surface area contributed by atoms with E-state index in [4.69, 9.17) is 4.98 Å². The van der Waals surface area contributed by atoms with E-state index in [0.717, 1.165) is 25.2 Å². The number of pyridine rings is 1. The molecule has 0 bridgehead atoms. The van der Waals surface area contributed by atoms with Gasteiger partial charge in [0.05, 0.1) is 0 Å². The van der Waals surface area contributed by atoms with Crippen molar-refractivity contribution in [3.63, 3.8) is 0 Å². The third-order valence-corrected chi connectivity index (χ3v) is 4.40. The normalized spacial score (nSPS) is 18.3. The molecule has 1 aromatic rings. The highest BCUT2D eigenvalue weighted by Gasteiger charge is 2.30. The van der Waals surface area contributed by atoms with Crippen molar-refractivity contribution >= 4 is 5.82 Å². The van der Waals surface area contributed by atoms with Gasteiger partial charge in [0, 0.05) is 30.9 Å². The summed E-state index contributed by atoms with van der Waals surface area (Å²) in [4.78, 5) is 7.49. The Hall–Kier alpha value is -1.09. The molecule has 2 aliphatic rings. The minimum Gasteiger partial charge on any atom is -0.354 e. The van der Waals surface area contributed by atoms with Gasteiger partial charge in [0.15, 0.2) is 0 Å². The molecule has 0 amide bonds. The highest BCUT2D eigenvalue weighted by molar-refractivity contribution is 5.45. The fourth-order valence-electron chi connectivity index (χ4n) is 2.80. The molecule has 1 aromatic heterocycles. The Bertz CT molecular complexity index is 475. The fraction of sp³-hybridized carbons (Fsp3) is 0.722. The van der Waals surface area contributed by atoms with Gasteiger partial charge in [0.25, 0.3) is 0 Å². The number of nitrogens with one attached hydrogen (secondary N) is 1. The van der Waals surface area contributed by atoms with Crippen LogP contribution >= 0.6 is 0 Å². The third-order valence-electron chi connectivity index (χ3n) is 4.40. The third kappa shape index (κ3) is 3.97. The molecule has 0 radical (unpaired) electrons. The number of rotatable bonds is 8. The number of aromatic nitrogens is 1. The van der Waals surface area contributed by atoms with Gasteiger partial charge in [0.2, 0.25) is 0 Å². The summed E-state index contributed by atoms with van der Waals surface area (Å²) in [5.41, 5.74) is 2.64. The lowest BCUT2D eigenvalue weighted by Crippen LogP contribution is -2.28. The molecule has 1 N–H and O–H groups in total. The Balaban J connectivity index is 1.81. The van der Waals surface area contributed by atoms with E-state index in [0.29, 0.717) is 5.92 Å². The lowest BCUT2D eigenvalue weighted by molar-refractivity contribution is 0.680. The molecule has 3 heteroatoms. The van der Waals surface area contributed by atoms with Crippen molar-refractivity contribution in [2.75, 3.05) is 11.4 Å². The second kappa shape index (κ2) is 6.35. The summed E-state index contributed by atoms with van der Waals surface area (Å²) in [6.45, 7) is 8.87. The summed E-state index contributed by atoms with van der Waals surface area (Å²) in [6, 6.07) is 6.11. The average molecular weight is 287 g/mol. The van der Waals surface area contributed by atoms with Crippen LogP contribution in [0.15, 0.2) is 12.1 Å². The van der Waals surface area contributed by atoms with Crippen LogP contribution in [-0.4, -0.2) is 23.6 Å². The zero-order chi connectivity index (χ0) is 14.8. The molecule has 2 fully saturated rings. The van der Waals surface area contributed by atoms with Crippen LogP contribution in [0.5, 0.6) is 0 Å². The number of nitrogens with zero attached hydrogens (tertiary/aromatic N) is 2. The van der Waals surface area contributed by atoms with Gasteiger partial charge in [0.1, 0.15) is 5.82 Å². The van der Waals surface area contributed by atoms with Crippen LogP contribution in [0.1, 0.15) is 70.1 Å². The molecule has 21 heavy (non-hydrogen) atoms. The molecule has 1 heterocycles. The van der Waals surface area contributed by atoms with Gasteiger partial charge in [-0.3, -0.25) is 0 Å². The second-order valence-electron chi connectivity index (χ2n) is 6.99. The van der Waals surface area contributed by atoms with Gasteiger partial charge < -0.3 is 10.2 Å². The molecule has 2 aliphatic carbocycles. The van der Waals surface area contributed by atoms with Crippen molar-refractivity contribution < 1.29 is 0 Å². The Morgan fingerprint density at radius 2 is 2.00 bits per heavy atom.